The van der Waals surface area contributed by atoms with Gasteiger partial charge in [-0.25, -0.2) is 13.1 Å². The lowest BCUT2D eigenvalue weighted by Crippen LogP contribution is -2.56. The van der Waals surface area contributed by atoms with Crippen molar-refractivity contribution in [3.8, 4) is 11.3 Å². The molecule has 1 N–H and O–H groups in total. The molecular formula is C21H31N5O2S. The van der Waals surface area contributed by atoms with Gasteiger partial charge < -0.3 is 4.90 Å². The van der Waals surface area contributed by atoms with E-state index in [9.17, 15) is 8.42 Å². The van der Waals surface area contributed by atoms with Crippen molar-refractivity contribution >= 4 is 15.7 Å². The monoisotopic (exact) mass is 417 g/mol. The Morgan fingerprint density at radius 2 is 1.97 bits per heavy atom. The number of rotatable bonds is 6. The number of nitrogens with zero attached hydrogens (tertiary/aromatic N) is 4. The van der Waals surface area contributed by atoms with E-state index in [1.54, 1.807) is 0 Å². The summed E-state index contributed by atoms with van der Waals surface area (Å²) in [5.74, 6) is 1.02. The first-order valence-corrected chi connectivity index (χ1v) is 12.1. The molecule has 5 rings (SSSR count). The summed E-state index contributed by atoms with van der Waals surface area (Å²) in [5.41, 5.74) is 4.60. The van der Waals surface area contributed by atoms with Gasteiger partial charge in [-0.05, 0) is 43.5 Å². The van der Waals surface area contributed by atoms with Gasteiger partial charge in [-0.2, -0.15) is 5.10 Å². The fourth-order valence-corrected chi connectivity index (χ4v) is 5.33. The summed E-state index contributed by atoms with van der Waals surface area (Å²) in [5, 5.41) is 4.79. The zero-order chi connectivity index (χ0) is 20.8. The molecule has 1 aromatic heterocycles. The number of sulfonamides is 1. The molecule has 0 amide bonds. The van der Waals surface area contributed by atoms with Gasteiger partial charge in [0.25, 0.3) is 0 Å². The molecule has 3 aliphatic rings. The fourth-order valence-electron chi connectivity index (χ4n) is 4.83. The largest absolute Gasteiger partial charge is 0.378 e. The van der Waals surface area contributed by atoms with Crippen molar-refractivity contribution < 1.29 is 8.42 Å². The molecule has 4 atom stereocenters. The average Bonchev–Trinajstić information content (AvgIpc) is 3.08. The minimum Gasteiger partial charge on any atom is -0.378 e. The summed E-state index contributed by atoms with van der Waals surface area (Å²) >= 11 is 0. The molecule has 3 saturated heterocycles. The van der Waals surface area contributed by atoms with E-state index in [2.05, 4.69) is 44.9 Å². The molecule has 1 aromatic carbocycles. The number of nitrogens with one attached hydrogen (secondary N) is 1. The van der Waals surface area contributed by atoms with Crippen LogP contribution in [0.25, 0.3) is 11.3 Å². The third-order valence-corrected chi connectivity index (χ3v) is 7.13. The number of hydrogen-bond acceptors (Lipinski definition) is 5. The third kappa shape index (κ3) is 4.34. The van der Waals surface area contributed by atoms with E-state index in [0.717, 1.165) is 37.2 Å². The van der Waals surface area contributed by atoms with Crippen LogP contribution in [0.2, 0.25) is 0 Å². The molecule has 0 radical (unpaired) electrons. The Kier molecular flexibility index (Phi) is 5.44. The van der Waals surface area contributed by atoms with E-state index in [0.29, 0.717) is 24.4 Å². The van der Waals surface area contributed by atoms with Gasteiger partial charge in [0.2, 0.25) is 10.0 Å². The summed E-state index contributed by atoms with van der Waals surface area (Å²) in [6, 6.07) is 11.0. The lowest BCUT2D eigenvalue weighted by atomic mass is 9.74. The van der Waals surface area contributed by atoms with E-state index in [-0.39, 0.29) is 0 Å². The minimum atomic E-state index is -3.14. The summed E-state index contributed by atoms with van der Waals surface area (Å²) in [6.45, 7) is 2.53. The van der Waals surface area contributed by atoms with Gasteiger partial charge in [0, 0.05) is 63.1 Å². The van der Waals surface area contributed by atoms with E-state index in [1.807, 2.05) is 25.8 Å². The summed E-state index contributed by atoms with van der Waals surface area (Å²) in [4.78, 5) is 4.54. The predicted octanol–water partition coefficient (Wildman–Crippen LogP) is 1.88. The molecule has 3 aliphatic heterocycles. The van der Waals surface area contributed by atoms with Crippen molar-refractivity contribution in [2.24, 2.45) is 13.0 Å². The van der Waals surface area contributed by atoms with Crippen LogP contribution in [0.1, 0.15) is 24.5 Å². The van der Waals surface area contributed by atoms with Crippen molar-refractivity contribution in [1.82, 2.24) is 19.4 Å². The third-order valence-electron chi connectivity index (χ3n) is 6.44. The highest BCUT2D eigenvalue weighted by Gasteiger charge is 2.41. The highest BCUT2D eigenvalue weighted by molar-refractivity contribution is 7.88. The number of anilines is 1. The predicted molar refractivity (Wildman–Crippen MR) is 117 cm³/mol. The van der Waals surface area contributed by atoms with Gasteiger partial charge >= 0.3 is 0 Å². The molecule has 2 aromatic rings. The number of aromatic nitrogens is 2. The second-order valence-electron chi connectivity index (χ2n) is 8.68. The Bertz CT molecular complexity index is 967. The highest BCUT2D eigenvalue weighted by Crippen LogP contribution is 2.42. The maximum atomic E-state index is 11.5. The zero-order valence-electron chi connectivity index (χ0n) is 17.7. The van der Waals surface area contributed by atoms with Crippen LogP contribution >= 0.6 is 0 Å². The van der Waals surface area contributed by atoms with Crippen LogP contribution in [0.4, 0.5) is 5.69 Å². The lowest BCUT2D eigenvalue weighted by Gasteiger charge is -2.49. The molecule has 7 nitrogen and oxygen atoms in total. The van der Waals surface area contributed by atoms with E-state index >= 15 is 0 Å². The Morgan fingerprint density at radius 1 is 1.24 bits per heavy atom. The number of benzene rings is 1. The Labute approximate surface area is 173 Å². The van der Waals surface area contributed by atoms with Gasteiger partial charge in [-0.3, -0.25) is 9.58 Å². The fraction of sp³-hybridized carbons (Fsp3) is 0.571. The van der Waals surface area contributed by atoms with Crippen LogP contribution in [0, 0.1) is 5.92 Å². The Morgan fingerprint density at radius 3 is 2.55 bits per heavy atom. The molecule has 158 valence electrons. The van der Waals surface area contributed by atoms with Crippen LogP contribution in [0.5, 0.6) is 0 Å². The first-order valence-electron chi connectivity index (χ1n) is 10.2. The molecular weight excluding hydrogens is 386 g/mol. The van der Waals surface area contributed by atoms with E-state index in [4.69, 9.17) is 5.10 Å². The van der Waals surface area contributed by atoms with Gasteiger partial charge in [0.1, 0.15) is 0 Å². The van der Waals surface area contributed by atoms with Crippen molar-refractivity contribution in [3.63, 3.8) is 0 Å². The number of piperidine rings is 3. The van der Waals surface area contributed by atoms with E-state index < -0.39 is 10.0 Å². The number of hydrogen-bond donors (Lipinski definition) is 1. The molecule has 8 heteroatoms. The van der Waals surface area contributed by atoms with Crippen molar-refractivity contribution in [3.05, 3.63) is 36.0 Å². The van der Waals surface area contributed by atoms with Crippen LogP contribution in [0.15, 0.2) is 30.3 Å². The van der Waals surface area contributed by atoms with Crippen molar-refractivity contribution in [2.75, 3.05) is 44.9 Å². The van der Waals surface area contributed by atoms with Crippen LogP contribution in [-0.4, -0.2) is 69.1 Å². The quantitative estimate of drug-likeness (QED) is 0.777. The van der Waals surface area contributed by atoms with Crippen molar-refractivity contribution in [2.45, 2.75) is 24.8 Å². The summed E-state index contributed by atoms with van der Waals surface area (Å²) < 4.78 is 27.6. The normalized spacial score (nSPS) is 26.6. The first kappa shape index (κ1) is 20.4. The Hall–Kier alpha value is -1.90. The SMILES string of the molecule is CN(C)c1ccc(-c2cc([C@@H]3CN4CC[C@H]3C[C@@H]4CNS(C)(=O)=O)n(C)n2)cc1. The van der Waals surface area contributed by atoms with Crippen LogP contribution in [0.3, 0.4) is 0 Å². The smallest absolute Gasteiger partial charge is 0.208 e. The van der Waals surface area contributed by atoms with Gasteiger partial charge in [-0.1, -0.05) is 12.1 Å². The average molecular weight is 418 g/mol. The standard InChI is InChI=1S/C21H31N5O2S/c1-24(2)17-7-5-15(6-8-17)20-12-21(25(3)23-20)19-14-26-10-9-16(19)11-18(26)13-22-29(4,27)28/h5-8,12,16,18-19,22H,9-11,13-14H2,1-4H3/t16-,18+,19+/m0/s1. The lowest BCUT2D eigenvalue weighted by molar-refractivity contribution is 0.0306. The van der Waals surface area contributed by atoms with Gasteiger partial charge in [-0.15, -0.1) is 0 Å². The minimum absolute atomic E-state index is 0.297. The second-order valence-corrected chi connectivity index (χ2v) is 10.5. The summed E-state index contributed by atoms with van der Waals surface area (Å²) in [6.07, 6.45) is 3.43. The van der Waals surface area contributed by atoms with Crippen molar-refractivity contribution in [1.29, 1.82) is 0 Å². The molecule has 2 bridgehead atoms. The summed E-state index contributed by atoms with van der Waals surface area (Å²) in [7, 11) is 2.98. The Balaban J connectivity index is 1.50. The van der Waals surface area contributed by atoms with Crippen LogP contribution in [-0.2, 0) is 17.1 Å². The molecule has 0 spiro atoms. The molecule has 3 fully saturated rings. The maximum Gasteiger partial charge on any atom is 0.208 e. The topological polar surface area (TPSA) is 70.5 Å². The molecule has 1 unspecified atom stereocenters. The van der Waals surface area contributed by atoms with Gasteiger partial charge in [0.05, 0.1) is 11.9 Å². The first-order chi connectivity index (χ1) is 13.7. The number of aryl methyl sites for hydroxylation is 1. The highest BCUT2D eigenvalue weighted by atomic mass is 32.2. The molecule has 4 heterocycles. The second kappa shape index (κ2) is 7.74. The van der Waals surface area contributed by atoms with Gasteiger partial charge in [0.15, 0.2) is 0 Å². The van der Waals surface area contributed by atoms with Crippen LogP contribution < -0.4 is 9.62 Å². The van der Waals surface area contributed by atoms with E-state index in [1.165, 1.54) is 17.6 Å². The molecule has 0 aliphatic carbocycles. The zero-order valence-corrected chi connectivity index (χ0v) is 18.5. The molecule has 29 heavy (non-hydrogen) atoms. The molecule has 0 saturated carbocycles. The maximum absolute atomic E-state index is 11.5. The number of fused-ring (bicyclic) bond motifs is 3.